The highest BCUT2D eigenvalue weighted by Gasteiger charge is 2.50. The zero-order chi connectivity index (χ0) is 21.3. The van der Waals surface area contributed by atoms with E-state index in [1.165, 1.54) is 0 Å². The number of sulfonamides is 1. The van der Waals surface area contributed by atoms with E-state index in [0.717, 1.165) is 11.1 Å². The molecule has 7 nitrogen and oxygen atoms in total. The van der Waals surface area contributed by atoms with E-state index < -0.39 is 22.1 Å². The minimum Gasteiger partial charge on any atom is -0.489 e. The van der Waals surface area contributed by atoms with Crippen molar-refractivity contribution < 1.29 is 28.2 Å². The summed E-state index contributed by atoms with van der Waals surface area (Å²) in [6, 6.07) is 14.6. The molecule has 0 spiro atoms. The number of aryl methyl sites for hydroxylation is 1. The molecule has 2 aromatic rings. The Labute approximate surface area is 175 Å². The van der Waals surface area contributed by atoms with Crippen LogP contribution in [0.4, 0.5) is 0 Å². The summed E-state index contributed by atoms with van der Waals surface area (Å²) in [6.45, 7) is 0.125. The third kappa shape index (κ3) is 4.35. The van der Waals surface area contributed by atoms with Crippen LogP contribution < -0.4 is 9.46 Å². The Bertz CT molecular complexity index is 1020. The molecule has 8 heteroatoms. The first-order valence-corrected chi connectivity index (χ1v) is 11.7. The van der Waals surface area contributed by atoms with Gasteiger partial charge in [-0.2, -0.15) is 0 Å². The van der Waals surface area contributed by atoms with Gasteiger partial charge < -0.3 is 14.9 Å². The first-order chi connectivity index (χ1) is 14.3. The Kier molecular flexibility index (Phi) is 5.81. The number of para-hydroxylation sites is 1. The van der Waals surface area contributed by atoms with E-state index in [9.17, 15) is 18.3 Å². The number of ether oxygens (including phenoxy) is 1. The van der Waals surface area contributed by atoms with Crippen molar-refractivity contribution >= 4 is 16.0 Å². The molecule has 4 rings (SSSR count). The van der Waals surface area contributed by atoms with Crippen LogP contribution in [0.3, 0.4) is 0 Å². The van der Waals surface area contributed by atoms with Crippen LogP contribution in [0.15, 0.2) is 48.5 Å². The number of hydrogen-bond acceptors (Lipinski definition) is 5. The Hall–Kier alpha value is -2.42. The van der Waals surface area contributed by atoms with Crippen LogP contribution in [0.25, 0.3) is 0 Å². The van der Waals surface area contributed by atoms with Crippen LogP contribution in [0.1, 0.15) is 35.4 Å². The highest BCUT2D eigenvalue weighted by molar-refractivity contribution is 7.88. The molecular weight excluding hydrogens is 406 g/mol. The number of aliphatic carboxylic acids is 1. The number of nitrogens with one attached hydrogen (secondary N) is 1. The minimum absolute atomic E-state index is 0.0144. The smallest absolute Gasteiger partial charge is 0.303 e. The number of rotatable bonds is 8. The summed E-state index contributed by atoms with van der Waals surface area (Å²) in [7, 11) is -3.55. The van der Waals surface area contributed by atoms with Gasteiger partial charge in [-0.25, -0.2) is 13.1 Å². The monoisotopic (exact) mass is 431 g/mol. The van der Waals surface area contributed by atoms with Gasteiger partial charge >= 0.3 is 5.97 Å². The molecule has 0 saturated heterocycles. The molecule has 0 bridgehead atoms. The zero-order valence-corrected chi connectivity index (χ0v) is 17.2. The molecule has 1 fully saturated rings. The topological polar surface area (TPSA) is 113 Å². The van der Waals surface area contributed by atoms with Crippen molar-refractivity contribution in [2.24, 2.45) is 5.92 Å². The average Bonchev–Trinajstić information content (AvgIpc) is 3.20. The van der Waals surface area contributed by atoms with Gasteiger partial charge in [0.2, 0.25) is 10.0 Å². The molecule has 1 aliphatic carbocycles. The molecule has 0 aromatic heterocycles. The molecule has 1 aliphatic heterocycles. The fourth-order valence-electron chi connectivity index (χ4n) is 4.56. The second-order valence-electron chi connectivity index (χ2n) is 7.97. The number of carboxylic acids is 1. The van der Waals surface area contributed by atoms with Crippen LogP contribution >= 0.6 is 0 Å². The Morgan fingerprint density at radius 2 is 1.90 bits per heavy atom. The van der Waals surface area contributed by atoms with Crippen molar-refractivity contribution in [3.05, 3.63) is 65.2 Å². The van der Waals surface area contributed by atoms with E-state index in [2.05, 4.69) is 4.72 Å². The number of aliphatic hydroxyl groups excluding tert-OH is 1. The molecular formula is C22H25NO6S. The summed E-state index contributed by atoms with van der Waals surface area (Å²) in [5, 5.41) is 19.5. The van der Waals surface area contributed by atoms with E-state index in [-0.39, 0.29) is 36.7 Å². The van der Waals surface area contributed by atoms with Gasteiger partial charge in [0.25, 0.3) is 0 Å². The molecule has 0 radical (unpaired) electrons. The minimum atomic E-state index is -3.55. The van der Waals surface area contributed by atoms with Gasteiger partial charge in [-0.15, -0.1) is 0 Å². The van der Waals surface area contributed by atoms with E-state index in [1.807, 2.05) is 24.3 Å². The molecule has 3 N–H and O–H groups in total. The van der Waals surface area contributed by atoms with Crippen LogP contribution in [-0.2, 0) is 27.0 Å². The molecule has 0 amide bonds. The van der Waals surface area contributed by atoms with Gasteiger partial charge in [0.1, 0.15) is 11.9 Å². The van der Waals surface area contributed by atoms with Gasteiger partial charge in [-0.1, -0.05) is 48.5 Å². The lowest BCUT2D eigenvalue weighted by Gasteiger charge is -2.21. The summed E-state index contributed by atoms with van der Waals surface area (Å²) >= 11 is 0. The lowest BCUT2D eigenvalue weighted by molar-refractivity contribution is -0.136. The molecule has 1 heterocycles. The van der Waals surface area contributed by atoms with E-state index in [1.54, 1.807) is 24.3 Å². The summed E-state index contributed by atoms with van der Waals surface area (Å²) in [4.78, 5) is 10.9. The van der Waals surface area contributed by atoms with Gasteiger partial charge in [-0.05, 0) is 17.5 Å². The number of benzene rings is 2. The Morgan fingerprint density at radius 3 is 2.63 bits per heavy atom. The third-order valence-corrected chi connectivity index (χ3v) is 7.25. The lowest BCUT2D eigenvalue weighted by Crippen LogP contribution is -2.35. The van der Waals surface area contributed by atoms with Crippen molar-refractivity contribution in [1.82, 2.24) is 4.72 Å². The van der Waals surface area contributed by atoms with Gasteiger partial charge in [-0.3, -0.25) is 4.79 Å². The fourth-order valence-corrected chi connectivity index (χ4v) is 5.74. The fraction of sp³-hybridized carbons (Fsp3) is 0.409. The second-order valence-corrected chi connectivity index (χ2v) is 9.78. The first kappa shape index (κ1) is 20.8. The SMILES string of the molecule is O=C(O)CCc1cccc2c1OC1CC(O)C(CNS(=O)(=O)Cc3ccccc3)C21. The predicted octanol–water partition coefficient (Wildman–Crippen LogP) is 2.05. The van der Waals surface area contributed by atoms with Crippen LogP contribution in [-0.4, -0.2) is 43.4 Å². The quantitative estimate of drug-likeness (QED) is 0.590. The number of fused-ring (bicyclic) bond motifs is 3. The maximum Gasteiger partial charge on any atom is 0.303 e. The average molecular weight is 432 g/mol. The van der Waals surface area contributed by atoms with Crippen molar-refractivity contribution in [2.75, 3.05) is 6.54 Å². The normalized spacial score (nSPS) is 24.8. The summed E-state index contributed by atoms with van der Waals surface area (Å²) in [6.07, 6.45) is -0.0992. The largest absolute Gasteiger partial charge is 0.489 e. The summed E-state index contributed by atoms with van der Waals surface area (Å²) in [5.41, 5.74) is 2.46. The number of aliphatic hydroxyl groups is 1. The van der Waals surface area contributed by atoms with E-state index in [0.29, 0.717) is 24.2 Å². The Morgan fingerprint density at radius 1 is 1.13 bits per heavy atom. The molecule has 30 heavy (non-hydrogen) atoms. The molecule has 4 atom stereocenters. The van der Waals surface area contributed by atoms with Crippen LogP contribution in [0.5, 0.6) is 5.75 Å². The van der Waals surface area contributed by atoms with Gasteiger partial charge in [0.15, 0.2) is 0 Å². The molecule has 2 aromatic carbocycles. The molecule has 2 aliphatic rings. The summed E-state index contributed by atoms with van der Waals surface area (Å²) in [5.74, 6) is -0.725. The van der Waals surface area contributed by atoms with Crippen molar-refractivity contribution in [2.45, 2.75) is 43.1 Å². The van der Waals surface area contributed by atoms with Crippen molar-refractivity contribution in [1.29, 1.82) is 0 Å². The Balaban J connectivity index is 1.49. The maximum atomic E-state index is 12.5. The van der Waals surface area contributed by atoms with E-state index in [4.69, 9.17) is 9.84 Å². The summed E-state index contributed by atoms with van der Waals surface area (Å²) < 4.78 is 33.8. The van der Waals surface area contributed by atoms with Crippen LogP contribution in [0, 0.1) is 5.92 Å². The number of hydrogen-bond donors (Lipinski definition) is 3. The number of carbonyl (C=O) groups is 1. The molecule has 1 saturated carbocycles. The standard InChI is InChI=1S/C22H25NO6S/c24-18-11-19-21(16-8-4-7-15(22(16)29-19)9-10-20(25)26)17(18)12-23-30(27,28)13-14-5-2-1-3-6-14/h1-8,17-19,21,23-24H,9-13H2,(H,25,26). The highest BCUT2D eigenvalue weighted by atomic mass is 32.2. The molecule has 4 unspecified atom stereocenters. The van der Waals surface area contributed by atoms with Gasteiger partial charge in [0, 0.05) is 36.8 Å². The maximum absolute atomic E-state index is 12.5. The second kappa shape index (κ2) is 8.37. The first-order valence-electron chi connectivity index (χ1n) is 10.0. The van der Waals surface area contributed by atoms with Crippen molar-refractivity contribution in [3.63, 3.8) is 0 Å². The van der Waals surface area contributed by atoms with Crippen LogP contribution in [0.2, 0.25) is 0 Å². The van der Waals surface area contributed by atoms with E-state index >= 15 is 0 Å². The van der Waals surface area contributed by atoms with Gasteiger partial charge in [0.05, 0.1) is 11.9 Å². The van der Waals surface area contributed by atoms with Crippen molar-refractivity contribution in [3.8, 4) is 5.75 Å². The molecule has 160 valence electrons. The number of carboxylic acid groups (broad SMARTS) is 1. The predicted molar refractivity (Wildman–Crippen MR) is 111 cm³/mol. The highest BCUT2D eigenvalue weighted by Crippen LogP contribution is 2.51. The lowest BCUT2D eigenvalue weighted by atomic mass is 9.87. The zero-order valence-electron chi connectivity index (χ0n) is 16.4. The third-order valence-electron chi connectivity index (χ3n) is 5.93.